The summed E-state index contributed by atoms with van der Waals surface area (Å²) in [7, 11) is -1.32. The molecule has 2 aromatic rings. The summed E-state index contributed by atoms with van der Waals surface area (Å²) < 4.78 is 17.3. The van der Waals surface area contributed by atoms with Crippen molar-refractivity contribution in [2.45, 2.75) is 24.8 Å². The monoisotopic (exact) mass is 413 g/mol. The molecule has 0 spiro atoms. The van der Waals surface area contributed by atoms with Gasteiger partial charge in [-0.15, -0.1) is 0 Å². The van der Waals surface area contributed by atoms with Crippen LogP contribution in [0.5, 0.6) is 0 Å². The number of anilines is 1. The van der Waals surface area contributed by atoms with E-state index in [9.17, 15) is 13.8 Å². The van der Waals surface area contributed by atoms with Crippen molar-refractivity contribution in [1.82, 2.24) is 0 Å². The van der Waals surface area contributed by atoms with Gasteiger partial charge in [0.1, 0.15) is 0 Å². The molecule has 0 aliphatic rings. The van der Waals surface area contributed by atoms with Crippen LogP contribution >= 0.6 is 23.2 Å². The molecular weight excluding hydrogens is 397 g/mol. The highest BCUT2D eigenvalue weighted by atomic mass is 35.5. The van der Waals surface area contributed by atoms with E-state index in [0.29, 0.717) is 26.4 Å². The highest BCUT2D eigenvalue weighted by molar-refractivity contribution is 7.85. The van der Waals surface area contributed by atoms with Crippen LogP contribution in [0, 0.1) is 0 Å². The fourth-order valence-electron chi connectivity index (χ4n) is 2.14. The summed E-state index contributed by atoms with van der Waals surface area (Å²) in [6.45, 7) is 3.20. The van der Waals surface area contributed by atoms with Gasteiger partial charge in [0.2, 0.25) is 0 Å². The van der Waals surface area contributed by atoms with Crippen molar-refractivity contribution < 1.29 is 18.5 Å². The maximum absolute atomic E-state index is 12.4. The van der Waals surface area contributed by atoms with E-state index in [2.05, 4.69) is 5.32 Å². The zero-order chi connectivity index (χ0) is 19.3. The Morgan fingerprint density at radius 2 is 1.77 bits per heavy atom. The Bertz CT molecular complexity index is 837. The minimum atomic E-state index is -1.32. The van der Waals surface area contributed by atoms with Crippen LogP contribution in [0.25, 0.3) is 0 Å². The Morgan fingerprint density at radius 1 is 1.15 bits per heavy atom. The maximum Gasteiger partial charge on any atom is 0.340 e. The van der Waals surface area contributed by atoms with Gasteiger partial charge in [-0.05, 0) is 37.3 Å². The molecular formula is C18H17Cl2NO4S. The fourth-order valence-corrected chi connectivity index (χ4v) is 3.60. The maximum atomic E-state index is 12.4. The number of carbonyl (C=O) groups is 2. The summed E-state index contributed by atoms with van der Waals surface area (Å²) in [6.07, 6.45) is -1.07. The third-order valence-corrected chi connectivity index (χ3v) is 5.20. The molecule has 26 heavy (non-hydrogen) atoms. The molecule has 0 saturated carbocycles. The second-order valence-corrected chi connectivity index (χ2v) is 7.91. The lowest BCUT2D eigenvalue weighted by molar-refractivity contribution is -0.123. The Hall–Kier alpha value is -1.89. The number of rotatable bonds is 6. The van der Waals surface area contributed by atoms with E-state index in [-0.39, 0.29) is 5.56 Å². The minimum Gasteiger partial charge on any atom is -0.449 e. The van der Waals surface area contributed by atoms with Gasteiger partial charge in [0.15, 0.2) is 6.10 Å². The Balaban J connectivity index is 2.09. The summed E-state index contributed by atoms with van der Waals surface area (Å²) >= 11 is 11.8. The molecule has 8 heteroatoms. The zero-order valence-corrected chi connectivity index (χ0v) is 16.5. The number of nitrogens with one attached hydrogen (secondary N) is 1. The normalized spacial score (nSPS) is 12.9. The average molecular weight is 414 g/mol. The minimum absolute atomic E-state index is 0.179. The van der Waals surface area contributed by atoms with Crippen molar-refractivity contribution in [3.63, 3.8) is 0 Å². The average Bonchev–Trinajstić information content (AvgIpc) is 2.59. The number of carbonyl (C=O) groups excluding carboxylic acids is 2. The number of halogens is 2. The molecule has 0 fully saturated rings. The van der Waals surface area contributed by atoms with Crippen LogP contribution < -0.4 is 5.32 Å². The van der Waals surface area contributed by atoms with Gasteiger partial charge in [0.05, 0.1) is 21.3 Å². The van der Waals surface area contributed by atoms with Crippen LogP contribution in [0.4, 0.5) is 5.69 Å². The summed E-state index contributed by atoms with van der Waals surface area (Å²) in [5.41, 5.74) is 0.570. The van der Waals surface area contributed by atoms with Crippen molar-refractivity contribution in [2.24, 2.45) is 0 Å². The van der Waals surface area contributed by atoms with Crippen molar-refractivity contribution in [1.29, 1.82) is 0 Å². The van der Waals surface area contributed by atoms with Crippen molar-refractivity contribution in [2.75, 3.05) is 11.1 Å². The zero-order valence-electron chi connectivity index (χ0n) is 14.1. The van der Waals surface area contributed by atoms with E-state index in [0.717, 1.165) is 0 Å². The first-order valence-corrected chi connectivity index (χ1v) is 9.84. The lowest BCUT2D eigenvalue weighted by Gasteiger charge is -2.15. The summed E-state index contributed by atoms with van der Waals surface area (Å²) in [5.74, 6) is -0.879. The van der Waals surface area contributed by atoms with Gasteiger partial charge in [-0.3, -0.25) is 9.00 Å². The van der Waals surface area contributed by atoms with Gasteiger partial charge in [0.25, 0.3) is 5.91 Å². The quantitative estimate of drug-likeness (QED) is 0.716. The van der Waals surface area contributed by atoms with E-state index in [4.69, 9.17) is 27.9 Å². The van der Waals surface area contributed by atoms with Crippen molar-refractivity contribution >= 4 is 51.6 Å². The van der Waals surface area contributed by atoms with Gasteiger partial charge in [-0.2, -0.15) is 0 Å². The largest absolute Gasteiger partial charge is 0.449 e. The van der Waals surface area contributed by atoms with E-state index in [1.54, 1.807) is 25.1 Å². The first-order chi connectivity index (χ1) is 12.3. The molecule has 2 aromatic carbocycles. The molecule has 1 N–H and O–H groups in total. The molecule has 0 aromatic heterocycles. The third-order valence-electron chi connectivity index (χ3n) is 3.40. The van der Waals surface area contributed by atoms with Gasteiger partial charge < -0.3 is 10.1 Å². The van der Waals surface area contributed by atoms with E-state index in [1.165, 1.54) is 31.2 Å². The Labute approximate surface area is 164 Å². The molecule has 0 saturated heterocycles. The number of hydrogen-bond donors (Lipinski definition) is 1. The number of benzene rings is 2. The highest BCUT2D eigenvalue weighted by Gasteiger charge is 2.22. The van der Waals surface area contributed by atoms with Crippen LogP contribution in [0.1, 0.15) is 24.2 Å². The number of esters is 1. The molecule has 1 amide bonds. The summed E-state index contributed by atoms with van der Waals surface area (Å²) in [5, 5.41) is 3.32. The molecule has 2 atom stereocenters. The first-order valence-electron chi connectivity index (χ1n) is 7.77. The topological polar surface area (TPSA) is 72.5 Å². The van der Waals surface area contributed by atoms with Crippen LogP contribution in [0.3, 0.4) is 0 Å². The lowest BCUT2D eigenvalue weighted by Crippen LogP contribution is -2.30. The van der Waals surface area contributed by atoms with E-state index >= 15 is 0 Å². The molecule has 0 aliphatic heterocycles. The van der Waals surface area contributed by atoms with Crippen LogP contribution in [-0.4, -0.2) is 27.9 Å². The SMILES string of the molecule is CC[S@@](=O)c1ccccc1C(=O)O[C@@H](C)C(=O)Nc1cc(Cl)cc(Cl)c1. The summed E-state index contributed by atoms with van der Waals surface area (Å²) in [4.78, 5) is 25.0. The van der Waals surface area contributed by atoms with E-state index in [1.807, 2.05) is 0 Å². The number of hydrogen-bond acceptors (Lipinski definition) is 4. The number of ether oxygens (including phenoxy) is 1. The predicted octanol–water partition coefficient (Wildman–Crippen LogP) is 4.30. The fraction of sp³-hybridized carbons (Fsp3) is 0.222. The molecule has 5 nitrogen and oxygen atoms in total. The highest BCUT2D eigenvalue weighted by Crippen LogP contribution is 2.23. The third kappa shape index (κ3) is 5.30. The second-order valence-electron chi connectivity index (χ2n) is 5.33. The molecule has 0 unspecified atom stereocenters. The van der Waals surface area contributed by atoms with Crippen molar-refractivity contribution in [3.8, 4) is 0 Å². The standard InChI is InChI=1S/C18H17Cl2NO4S/c1-3-26(24)16-7-5-4-6-15(16)18(23)25-11(2)17(22)21-14-9-12(19)8-13(20)10-14/h4-11H,3H2,1-2H3,(H,21,22)/t11-,26+/m0/s1. The first kappa shape index (κ1) is 20.4. The van der Waals surface area contributed by atoms with Crippen LogP contribution in [0.15, 0.2) is 47.4 Å². The van der Waals surface area contributed by atoms with Crippen molar-refractivity contribution in [3.05, 3.63) is 58.1 Å². The molecule has 2 rings (SSSR count). The summed E-state index contributed by atoms with van der Waals surface area (Å²) in [6, 6.07) is 11.1. The molecule has 0 bridgehead atoms. The second kappa shape index (κ2) is 9.16. The molecule has 0 aliphatic carbocycles. The molecule has 0 radical (unpaired) electrons. The van der Waals surface area contributed by atoms with Gasteiger partial charge in [-0.1, -0.05) is 42.3 Å². The smallest absolute Gasteiger partial charge is 0.340 e. The van der Waals surface area contributed by atoms with Crippen LogP contribution in [0.2, 0.25) is 10.0 Å². The lowest BCUT2D eigenvalue weighted by atomic mass is 10.2. The van der Waals surface area contributed by atoms with Gasteiger partial charge in [0, 0.05) is 21.5 Å². The van der Waals surface area contributed by atoms with Gasteiger partial charge in [-0.25, -0.2) is 4.79 Å². The van der Waals surface area contributed by atoms with Gasteiger partial charge >= 0.3 is 5.97 Å². The Morgan fingerprint density at radius 3 is 2.38 bits per heavy atom. The van der Waals surface area contributed by atoms with E-state index < -0.39 is 28.8 Å². The Kier molecular flexibility index (Phi) is 7.20. The van der Waals surface area contributed by atoms with Crippen LogP contribution in [-0.2, 0) is 20.3 Å². The predicted molar refractivity (Wildman–Crippen MR) is 103 cm³/mol. The molecule has 0 heterocycles. The number of amides is 1. The molecule has 138 valence electrons.